The molecule has 1 atom stereocenters. The van der Waals surface area contributed by atoms with Crippen LogP contribution < -0.4 is 15.5 Å². The molecule has 10 nitrogen and oxygen atoms in total. The molecule has 36 heavy (non-hydrogen) atoms. The molecule has 2 N–H and O–H groups in total. The van der Waals surface area contributed by atoms with Gasteiger partial charge < -0.3 is 20.3 Å². The Hall–Kier alpha value is -3.88. The third-order valence-corrected chi connectivity index (χ3v) is 6.23. The van der Waals surface area contributed by atoms with Crippen LogP contribution in [0.2, 0.25) is 0 Å². The predicted octanol–water partition coefficient (Wildman–Crippen LogP) is 2.84. The molecule has 0 bridgehead atoms. The van der Waals surface area contributed by atoms with Gasteiger partial charge in [-0.1, -0.05) is 0 Å². The standard InChI is InChI=1S/C25H28FN9O/c26-20-4-7-35(17-20)24-18(14-27)13-19(15-31-24)22-3-5-29-25(33-22)32-21-1-2-23(30-16-21)28-6-8-34-9-11-36-12-10-34/h1-3,5,13,15-16,20H,4,6-12,17H2,(H,28,30)(H,29,32,33). The number of pyridine rings is 2. The van der Waals surface area contributed by atoms with Crippen LogP contribution in [-0.4, -0.2) is 83.5 Å². The van der Waals surface area contributed by atoms with Gasteiger partial charge in [0.15, 0.2) is 0 Å². The Morgan fingerprint density at radius 1 is 1.11 bits per heavy atom. The lowest BCUT2D eigenvalue weighted by molar-refractivity contribution is 0.0398. The normalized spacial score (nSPS) is 18.1. The predicted molar refractivity (Wildman–Crippen MR) is 135 cm³/mol. The quantitative estimate of drug-likeness (QED) is 0.489. The number of nitriles is 1. The Kier molecular flexibility index (Phi) is 7.44. The Balaban J connectivity index is 1.21. The van der Waals surface area contributed by atoms with Crippen molar-refractivity contribution >= 4 is 23.3 Å². The second kappa shape index (κ2) is 11.2. The van der Waals surface area contributed by atoms with Gasteiger partial charge in [0.2, 0.25) is 5.95 Å². The first-order chi connectivity index (χ1) is 17.7. The van der Waals surface area contributed by atoms with Crippen LogP contribution in [0.1, 0.15) is 12.0 Å². The van der Waals surface area contributed by atoms with Crippen molar-refractivity contribution in [3.63, 3.8) is 0 Å². The molecule has 2 aliphatic heterocycles. The van der Waals surface area contributed by atoms with Crippen molar-refractivity contribution in [3.05, 3.63) is 48.4 Å². The van der Waals surface area contributed by atoms with E-state index in [2.05, 4.69) is 41.5 Å². The van der Waals surface area contributed by atoms with Crippen LogP contribution in [0.25, 0.3) is 11.3 Å². The van der Waals surface area contributed by atoms with Crippen molar-refractivity contribution in [2.75, 3.05) is 68.0 Å². The van der Waals surface area contributed by atoms with Crippen LogP contribution in [0.5, 0.6) is 0 Å². The van der Waals surface area contributed by atoms with Gasteiger partial charge in [-0.05, 0) is 30.7 Å². The van der Waals surface area contributed by atoms with Gasteiger partial charge in [0, 0.05) is 50.7 Å². The van der Waals surface area contributed by atoms with Crippen molar-refractivity contribution in [1.82, 2.24) is 24.8 Å². The maximum absolute atomic E-state index is 13.6. The summed E-state index contributed by atoms with van der Waals surface area (Å²) < 4.78 is 19.0. The maximum atomic E-state index is 13.6. The van der Waals surface area contributed by atoms with Crippen LogP contribution in [0.4, 0.5) is 27.7 Å². The zero-order chi connectivity index (χ0) is 24.7. The first-order valence-electron chi connectivity index (χ1n) is 12.1. The van der Waals surface area contributed by atoms with E-state index in [-0.39, 0.29) is 6.54 Å². The molecule has 0 radical (unpaired) electrons. The number of halogens is 1. The molecule has 0 amide bonds. The lowest BCUT2D eigenvalue weighted by Gasteiger charge is -2.26. The van der Waals surface area contributed by atoms with Crippen LogP contribution in [0.3, 0.4) is 0 Å². The highest BCUT2D eigenvalue weighted by atomic mass is 19.1. The average molecular weight is 490 g/mol. The van der Waals surface area contributed by atoms with Crippen molar-refractivity contribution in [1.29, 1.82) is 5.26 Å². The largest absolute Gasteiger partial charge is 0.379 e. The number of alkyl halides is 1. The molecule has 3 aromatic heterocycles. The summed E-state index contributed by atoms with van der Waals surface area (Å²) in [7, 11) is 0. The van der Waals surface area contributed by atoms with E-state index in [9.17, 15) is 9.65 Å². The van der Waals surface area contributed by atoms with E-state index >= 15 is 0 Å². The number of anilines is 4. The zero-order valence-corrected chi connectivity index (χ0v) is 19.9. The van der Waals surface area contributed by atoms with Gasteiger partial charge >= 0.3 is 0 Å². The van der Waals surface area contributed by atoms with Crippen molar-refractivity contribution in [2.45, 2.75) is 12.6 Å². The van der Waals surface area contributed by atoms with Crippen LogP contribution in [-0.2, 0) is 4.74 Å². The van der Waals surface area contributed by atoms with E-state index in [1.807, 2.05) is 17.0 Å². The Labute approximate surface area is 209 Å². The van der Waals surface area contributed by atoms with Crippen molar-refractivity contribution < 1.29 is 9.13 Å². The lowest BCUT2D eigenvalue weighted by atomic mass is 10.1. The summed E-state index contributed by atoms with van der Waals surface area (Å²) in [6.07, 6.45) is 4.60. The molecule has 3 aromatic rings. The minimum atomic E-state index is -0.886. The van der Waals surface area contributed by atoms with E-state index in [0.29, 0.717) is 41.6 Å². The summed E-state index contributed by atoms with van der Waals surface area (Å²) in [5, 5.41) is 16.1. The third-order valence-electron chi connectivity index (χ3n) is 6.23. The molecule has 0 aliphatic carbocycles. The fraction of sp³-hybridized carbons (Fsp3) is 0.400. The topological polar surface area (TPSA) is 115 Å². The molecule has 2 aliphatic rings. The molecule has 186 valence electrons. The lowest BCUT2D eigenvalue weighted by Crippen LogP contribution is -2.39. The number of morpholine rings is 1. The minimum absolute atomic E-state index is 0.263. The molecule has 2 fully saturated rings. The van der Waals surface area contributed by atoms with Gasteiger partial charge in [0.05, 0.1) is 42.9 Å². The maximum Gasteiger partial charge on any atom is 0.227 e. The molecule has 0 spiro atoms. The number of aromatic nitrogens is 4. The highest BCUT2D eigenvalue weighted by Gasteiger charge is 2.25. The fourth-order valence-electron chi connectivity index (χ4n) is 4.29. The van der Waals surface area contributed by atoms with E-state index in [0.717, 1.165) is 50.9 Å². The minimum Gasteiger partial charge on any atom is -0.379 e. The van der Waals surface area contributed by atoms with E-state index < -0.39 is 6.17 Å². The molecule has 1 unspecified atom stereocenters. The molecule has 0 aromatic carbocycles. The van der Waals surface area contributed by atoms with Gasteiger partial charge in [-0.15, -0.1) is 0 Å². The van der Waals surface area contributed by atoms with Crippen LogP contribution >= 0.6 is 0 Å². The van der Waals surface area contributed by atoms with Gasteiger partial charge in [-0.3, -0.25) is 4.90 Å². The van der Waals surface area contributed by atoms with Crippen LogP contribution in [0.15, 0.2) is 42.9 Å². The molecular formula is C25H28FN9O. The molecule has 2 saturated heterocycles. The summed E-state index contributed by atoms with van der Waals surface area (Å²) >= 11 is 0. The number of nitrogens with zero attached hydrogens (tertiary/aromatic N) is 7. The van der Waals surface area contributed by atoms with Gasteiger partial charge in [-0.25, -0.2) is 24.3 Å². The van der Waals surface area contributed by atoms with Gasteiger partial charge in [-0.2, -0.15) is 5.26 Å². The van der Waals surface area contributed by atoms with E-state index in [1.165, 1.54) is 0 Å². The SMILES string of the molecule is N#Cc1cc(-c2ccnc(Nc3ccc(NCCN4CCOCC4)nc3)n2)cnc1N1CCC(F)C1. The summed E-state index contributed by atoms with van der Waals surface area (Å²) in [5.41, 5.74) is 2.47. The van der Waals surface area contributed by atoms with Gasteiger partial charge in [0.1, 0.15) is 23.9 Å². The summed E-state index contributed by atoms with van der Waals surface area (Å²) in [5.74, 6) is 1.72. The molecule has 11 heteroatoms. The highest BCUT2D eigenvalue weighted by molar-refractivity contribution is 5.67. The summed E-state index contributed by atoms with van der Waals surface area (Å²) in [4.78, 5) is 22.0. The highest BCUT2D eigenvalue weighted by Crippen LogP contribution is 2.27. The first kappa shape index (κ1) is 23.8. The number of hydrogen-bond donors (Lipinski definition) is 2. The van der Waals surface area contributed by atoms with Crippen molar-refractivity contribution in [3.8, 4) is 17.3 Å². The summed E-state index contributed by atoms with van der Waals surface area (Å²) in [6, 6.07) is 9.50. The molecular weight excluding hydrogens is 461 g/mol. The molecule has 5 rings (SSSR count). The van der Waals surface area contributed by atoms with Gasteiger partial charge in [0.25, 0.3) is 0 Å². The van der Waals surface area contributed by atoms with Crippen molar-refractivity contribution in [2.24, 2.45) is 0 Å². The Morgan fingerprint density at radius 3 is 2.75 bits per heavy atom. The Morgan fingerprint density at radius 2 is 2.00 bits per heavy atom. The number of rotatable bonds is 8. The fourth-order valence-corrected chi connectivity index (χ4v) is 4.29. The number of hydrogen-bond acceptors (Lipinski definition) is 10. The van der Waals surface area contributed by atoms with E-state index in [1.54, 1.807) is 30.7 Å². The zero-order valence-electron chi connectivity index (χ0n) is 19.9. The third kappa shape index (κ3) is 5.84. The second-order valence-electron chi connectivity index (χ2n) is 8.74. The first-order valence-corrected chi connectivity index (χ1v) is 12.1. The second-order valence-corrected chi connectivity index (χ2v) is 8.74. The number of ether oxygens (including phenoxy) is 1. The average Bonchev–Trinajstić information content (AvgIpc) is 3.36. The smallest absolute Gasteiger partial charge is 0.227 e. The van der Waals surface area contributed by atoms with E-state index in [4.69, 9.17) is 4.74 Å². The number of nitrogens with one attached hydrogen (secondary N) is 2. The van der Waals surface area contributed by atoms with Crippen LogP contribution in [0, 0.1) is 11.3 Å². The summed E-state index contributed by atoms with van der Waals surface area (Å²) in [6.45, 7) is 6.10. The monoisotopic (exact) mass is 489 g/mol. The Bertz CT molecular complexity index is 1210. The molecule has 5 heterocycles. The molecule has 0 saturated carbocycles.